The Morgan fingerprint density at radius 3 is 2.70 bits per heavy atom. The number of carboxylic acid groups (broad SMARTS) is 1. The molecule has 0 atom stereocenters. The summed E-state index contributed by atoms with van der Waals surface area (Å²) in [6, 6.07) is 5.60. The lowest BCUT2D eigenvalue weighted by Gasteiger charge is -2.18. The number of carbonyl (C=O) groups excluding carboxylic acids is 1. The molecule has 20 heavy (non-hydrogen) atoms. The van der Waals surface area contributed by atoms with Gasteiger partial charge >= 0.3 is 5.97 Å². The first-order chi connectivity index (χ1) is 9.31. The normalized spacial score (nSPS) is 11.6. The second-order valence-corrected chi connectivity index (χ2v) is 5.39. The molecule has 0 saturated carbocycles. The van der Waals surface area contributed by atoms with E-state index in [9.17, 15) is 9.59 Å². The monoisotopic (exact) mass is 275 g/mol. The number of amides is 1. The van der Waals surface area contributed by atoms with E-state index >= 15 is 0 Å². The quantitative estimate of drug-likeness (QED) is 0.885. The first kappa shape index (κ1) is 14.0. The van der Waals surface area contributed by atoms with Crippen LogP contribution in [-0.2, 0) is 4.79 Å². The topological polar surface area (TPSA) is 83.7 Å². The van der Waals surface area contributed by atoms with E-state index in [1.165, 1.54) is 0 Å². The zero-order valence-electron chi connectivity index (χ0n) is 11.7. The van der Waals surface area contributed by atoms with Crippen LogP contribution in [0.25, 0.3) is 5.65 Å². The van der Waals surface area contributed by atoms with Gasteiger partial charge in [0.2, 0.25) is 0 Å². The molecule has 0 aliphatic heterocycles. The molecule has 0 unspecified atom stereocenters. The SMILES string of the molecule is Cc1cccc2nc(C(=O)NCC(C)(C)C(=O)O)cn12. The summed E-state index contributed by atoms with van der Waals surface area (Å²) in [5.41, 5.74) is 0.929. The molecule has 0 spiro atoms. The smallest absolute Gasteiger partial charge is 0.310 e. The van der Waals surface area contributed by atoms with Crippen LogP contribution in [0, 0.1) is 12.3 Å². The van der Waals surface area contributed by atoms with Crippen molar-refractivity contribution in [2.24, 2.45) is 5.41 Å². The second-order valence-electron chi connectivity index (χ2n) is 5.39. The molecule has 0 bridgehead atoms. The van der Waals surface area contributed by atoms with Gasteiger partial charge in [-0.3, -0.25) is 9.59 Å². The Morgan fingerprint density at radius 2 is 2.10 bits per heavy atom. The number of nitrogens with one attached hydrogen (secondary N) is 1. The molecule has 106 valence electrons. The van der Waals surface area contributed by atoms with Gasteiger partial charge in [-0.2, -0.15) is 0 Å². The molecule has 0 radical (unpaired) electrons. The van der Waals surface area contributed by atoms with Crippen LogP contribution in [0.3, 0.4) is 0 Å². The largest absolute Gasteiger partial charge is 0.481 e. The fraction of sp³-hybridized carbons (Fsp3) is 0.357. The molecular weight excluding hydrogens is 258 g/mol. The van der Waals surface area contributed by atoms with E-state index in [2.05, 4.69) is 10.3 Å². The lowest BCUT2D eigenvalue weighted by molar-refractivity contribution is -0.146. The van der Waals surface area contributed by atoms with Gasteiger partial charge in [-0.1, -0.05) is 6.07 Å². The summed E-state index contributed by atoms with van der Waals surface area (Å²) in [6.45, 7) is 5.09. The van der Waals surface area contributed by atoms with Gasteiger partial charge in [-0.25, -0.2) is 4.98 Å². The van der Waals surface area contributed by atoms with Gasteiger partial charge in [0.1, 0.15) is 11.3 Å². The molecule has 0 aromatic carbocycles. The van der Waals surface area contributed by atoms with Gasteiger partial charge in [0.25, 0.3) is 5.91 Å². The minimum atomic E-state index is -1.01. The van der Waals surface area contributed by atoms with E-state index < -0.39 is 11.4 Å². The zero-order valence-corrected chi connectivity index (χ0v) is 11.7. The van der Waals surface area contributed by atoms with Crippen LogP contribution in [0.4, 0.5) is 0 Å². The number of aromatic nitrogens is 2. The van der Waals surface area contributed by atoms with Crippen LogP contribution in [0.5, 0.6) is 0 Å². The van der Waals surface area contributed by atoms with Crippen molar-refractivity contribution in [1.82, 2.24) is 14.7 Å². The van der Waals surface area contributed by atoms with Gasteiger partial charge in [0.15, 0.2) is 0 Å². The van der Waals surface area contributed by atoms with Crippen LogP contribution >= 0.6 is 0 Å². The van der Waals surface area contributed by atoms with Crippen molar-refractivity contribution in [3.8, 4) is 0 Å². The van der Waals surface area contributed by atoms with Crippen molar-refractivity contribution in [2.45, 2.75) is 20.8 Å². The molecule has 6 heteroatoms. The third-order valence-corrected chi connectivity index (χ3v) is 3.20. The third kappa shape index (κ3) is 2.64. The molecule has 2 heterocycles. The average molecular weight is 275 g/mol. The van der Waals surface area contributed by atoms with Crippen molar-refractivity contribution in [2.75, 3.05) is 6.54 Å². The molecule has 0 saturated heterocycles. The number of pyridine rings is 1. The molecule has 0 aliphatic carbocycles. The zero-order chi connectivity index (χ0) is 14.9. The average Bonchev–Trinajstić information content (AvgIpc) is 2.81. The van der Waals surface area contributed by atoms with Crippen molar-refractivity contribution in [1.29, 1.82) is 0 Å². The summed E-state index contributed by atoms with van der Waals surface area (Å²) in [7, 11) is 0. The molecular formula is C14H17N3O3. The van der Waals surface area contributed by atoms with Gasteiger partial charge in [-0.15, -0.1) is 0 Å². The number of carboxylic acids is 1. The first-order valence-electron chi connectivity index (χ1n) is 6.27. The van der Waals surface area contributed by atoms with E-state index in [4.69, 9.17) is 5.11 Å². The number of hydrogen-bond donors (Lipinski definition) is 2. The summed E-state index contributed by atoms with van der Waals surface area (Å²) >= 11 is 0. The Kier molecular flexibility index (Phi) is 3.48. The van der Waals surface area contributed by atoms with Crippen LogP contribution in [0.2, 0.25) is 0 Å². The predicted octanol–water partition coefficient (Wildman–Crippen LogP) is 1.48. The Morgan fingerprint density at radius 1 is 1.40 bits per heavy atom. The molecule has 1 amide bonds. The highest BCUT2D eigenvalue weighted by atomic mass is 16.4. The lowest BCUT2D eigenvalue weighted by atomic mass is 9.94. The summed E-state index contributed by atoms with van der Waals surface area (Å²) in [4.78, 5) is 27.2. The number of hydrogen-bond acceptors (Lipinski definition) is 3. The fourth-order valence-electron chi connectivity index (χ4n) is 1.73. The maximum Gasteiger partial charge on any atom is 0.310 e. The lowest BCUT2D eigenvalue weighted by Crippen LogP contribution is -2.39. The Hall–Kier alpha value is -2.37. The molecule has 2 N–H and O–H groups in total. The fourth-order valence-corrected chi connectivity index (χ4v) is 1.73. The number of fused-ring (bicyclic) bond motifs is 1. The van der Waals surface area contributed by atoms with E-state index in [0.29, 0.717) is 5.65 Å². The molecule has 6 nitrogen and oxygen atoms in total. The summed E-state index contributed by atoms with van der Waals surface area (Å²) < 4.78 is 1.82. The van der Waals surface area contributed by atoms with Crippen LogP contribution in [0.15, 0.2) is 24.4 Å². The van der Waals surface area contributed by atoms with E-state index in [-0.39, 0.29) is 18.1 Å². The van der Waals surface area contributed by atoms with Crippen LogP contribution < -0.4 is 5.32 Å². The van der Waals surface area contributed by atoms with Crippen molar-refractivity contribution in [3.05, 3.63) is 35.8 Å². The van der Waals surface area contributed by atoms with Crippen molar-refractivity contribution >= 4 is 17.5 Å². The Bertz CT molecular complexity index is 673. The van der Waals surface area contributed by atoms with E-state index in [0.717, 1.165) is 5.69 Å². The number of imidazole rings is 1. The number of aliphatic carboxylic acids is 1. The standard InChI is InChI=1S/C14H17N3O3/c1-9-5-4-6-11-16-10(7-17(9)11)12(18)15-8-14(2,3)13(19)20/h4-7H,8H2,1-3H3,(H,15,18)(H,19,20). The Balaban J connectivity index is 2.16. The van der Waals surface area contributed by atoms with E-state index in [1.54, 1.807) is 20.0 Å². The molecule has 2 aromatic rings. The predicted molar refractivity (Wildman–Crippen MR) is 73.7 cm³/mol. The van der Waals surface area contributed by atoms with Crippen molar-refractivity contribution in [3.63, 3.8) is 0 Å². The molecule has 0 aliphatic rings. The highest BCUT2D eigenvalue weighted by Gasteiger charge is 2.28. The summed E-state index contributed by atoms with van der Waals surface area (Å²) in [6.07, 6.45) is 1.65. The minimum absolute atomic E-state index is 0.0496. The summed E-state index contributed by atoms with van der Waals surface area (Å²) in [5, 5.41) is 11.6. The number of nitrogens with zero attached hydrogens (tertiary/aromatic N) is 2. The first-order valence-corrected chi connectivity index (χ1v) is 6.27. The van der Waals surface area contributed by atoms with E-state index in [1.807, 2.05) is 29.5 Å². The maximum atomic E-state index is 12.0. The molecule has 2 aromatic heterocycles. The van der Waals surface area contributed by atoms with Gasteiger partial charge in [-0.05, 0) is 32.9 Å². The van der Waals surface area contributed by atoms with Gasteiger partial charge < -0.3 is 14.8 Å². The van der Waals surface area contributed by atoms with Crippen molar-refractivity contribution < 1.29 is 14.7 Å². The Labute approximate surface area is 116 Å². The second kappa shape index (κ2) is 4.96. The number of aryl methyl sites for hydroxylation is 1. The molecule has 0 fully saturated rings. The molecule has 2 rings (SSSR count). The third-order valence-electron chi connectivity index (χ3n) is 3.20. The van der Waals surface area contributed by atoms with Gasteiger partial charge in [0, 0.05) is 18.4 Å². The highest BCUT2D eigenvalue weighted by Crippen LogP contribution is 2.14. The summed E-state index contributed by atoms with van der Waals surface area (Å²) in [5.74, 6) is -1.33. The maximum absolute atomic E-state index is 12.0. The van der Waals surface area contributed by atoms with Gasteiger partial charge in [0.05, 0.1) is 5.41 Å². The van der Waals surface area contributed by atoms with Crippen LogP contribution in [-0.4, -0.2) is 32.9 Å². The minimum Gasteiger partial charge on any atom is -0.481 e. The van der Waals surface area contributed by atoms with Crippen LogP contribution in [0.1, 0.15) is 30.0 Å². The number of carbonyl (C=O) groups is 2. The number of rotatable bonds is 4. The highest BCUT2D eigenvalue weighted by molar-refractivity contribution is 5.93.